The van der Waals surface area contributed by atoms with Gasteiger partial charge in [0.25, 0.3) is 0 Å². The molecule has 0 radical (unpaired) electrons. The van der Waals surface area contributed by atoms with Crippen LogP contribution in [0.5, 0.6) is 0 Å². The lowest BCUT2D eigenvalue weighted by Crippen LogP contribution is -1.97. The molecule has 2 rings (SSSR count). The zero-order chi connectivity index (χ0) is 11.0. The minimum Gasteiger partial charge on any atom is -0.390 e. The van der Waals surface area contributed by atoms with E-state index >= 15 is 0 Å². The van der Waals surface area contributed by atoms with E-state index in [0.717, 1.165) is 0 Å². The highest BCUT2D eigenvalue weighted by atomic mass is 35.5. The number of aromatic nitrogens is 2. The number of hydrogen-bond donors (Lipinski definition) is 0. The van der Waals surface area contributed by atoms with Crippen LogP contribution >= 0.6 is 11.6 Å². The minimum atomic E-state index is -0.782. The summed E-state index contributed by atoms with van der Waals surface area (Å²) in [5, 5.41) is 10.1. The summed E-state index contributed by atoms with van der Waals surface area (Å²) in [6, 6.07) is 4.01. The van der Waals surface area contributed by atoms with E-state index in [9.17, 15) is 14.5 Å². The normalized spacial score (nSPS) is 10.5. The Morgan fingerprint density at radius 3 is 2.80 bits per heavy atom. The van der Waals surface area contributed by atoms with E-state index in [2.05, 4.69) is 9.97 Å². The summed E-state index contributed by atoms with van der Waals surface area (Å²) < 4.78 is 13.2. The fourth-order valence-electron chi connectivity index (χ4n) is 1.17. The molecule has 7 heteroatoms. The van der Waals surface area contributed by atoms with Crippen molar-refractivity contribution in [3.05, 3.63) is 39.3 Å². The van der Waals surface area contributed by atoms with E-state index in [1.807, 2.05) is 0 Å². The van der Waals surface area contributed by atoms with Crippen molar-refractivity contribution in [1.29, 1.82) is 0 Å². The smallest absolute Gasteiger partial charge is 0.390 e. The first kappa shape index (κ1) is 9.72. The maximum atomic E-state index is 13.2. The van der Waals surface area contributed by atoms with Crippen LogP contribution in [0, 0.1) is 15.9 Å². The molecule has 0 aliphatic rings. The van der Waals surface area contributed by atoms with Gasteiger partial charge >= 0.3 is 5.95 Å². The molecule has 5 nitrogen and oxygen atoms in total. The maximum absolute atomic E-state index is 13.2. The fraction of sp³-hybridized carbons (Fsp3) is 0. The average molecular weight is 228 g/mol. The van der Waals surface area contributed by atoms with Gasteiger partial charge in [-0.1, -0.05) is 16.0 Å². The number of halogens is 2. The van der Waals surface area contributed by atoms with Crippen LogP contribution in [0.4, 0.5) is 10.3 Å². The molecule has 0 fully saturated rings. The van der Waals surface area contributed by atoms with Gasteiger partial charge in [-0.3, -0.25) is 0 Å². The summed E-state index contributed by atoms with van der Waals surface area (Å²) in [5.41, 5.74) is 0.113. The third-order valence-electron chi connectivity index (χ3n) is 1.78. The highest BCUT2D eigenvalue weighted by Crippen LogP contribution is 2.24. The molecule has 0 unspecified atom stereocenters. The number of nitrogens with zero attached hydrogens (tertiary/aromatic N) is 3. The molecule has 1 heterocycles. The van der Waals surface area contributed by atoms with Crippen molar-refractivity contribution in [2.24, 2.45) is 0 Å². The molecule has 2 aromatic rings. The van der Waals surface area contributed by atoms with E-state index < -0.39 is 16.7 Å². The fourth-order valence-corrected chi connectivity index (χ4v) is 1.43. The second-order valence-corrected chi connectivity index (χ2v) is 3.06. The lowest BCUT2D eigenvalue weighted by molar-refractivity contribution is -0.394. The van der Waals surface area contributed by atoms with Gasteiger partial charge in [-0.05, 0) is 28.7 Å². The topological polar surface area (TPSA) is 68.9 Å². The second kappa shape index (κ2) is 3.39. The highest BCUT2D eigenvalue weighted by Gasteiger charge is 2.18. The molecular weight excluding hydrogens is 225 g/mol. The van der Waals surface area contributed by atoms with Gasteiger partial charge in [0.15, 0.2) is 5.52 Å². The van der Waals surface area contributed by atoms with Crippen molar-refractivity contribution in [1.82, 2.24) is 9.97 Å². The van der Waals surface area contributed by atoms with Gasteiger partial charge in [0.1, 0.15) is 11.2 Å². The van der Waals surface area contributed by atoms with Crippen LogP contribution in [0.1, 0.15) is 0 Å². The van der Waals surface area contributed by atoms with Gasteiger partial charge in [-0.15, -0.1) is 0 Å². The van der Waals surface area contributed by atoms with Gasteiger partial charge in [-0.25, -0.2) is 4.39 Å². The van der Waals surface area contributed by atoms with Gasteiger partial charge < -0.3 is 10.1 Å². The van der Waals surface area contributed by atoms with Crippen LogP contribution in [0.3, 0.4) is 0 Å². The number of nitro groups is 1. The van der Waals surface area contributed by atoms with E-state index in [1.165, 1.54) is 18.2 Å². The Labute approximate surface area is 87.7 Å². The Hall–Kier alpha value is -1.82. The average Bonchev–Trinajstić information content (AvgIpc) is 2.17. The molecule has 76 valence electrons. The van der Waals surface area contributed by atoms with Gasteiger partial charge in [0.05, 0.1) is 0 Å². The highest BCUT2D eigenvalue weighted by molar-refractivity contribution is 6.34. The zero-order valence-corrected chi connectivity index (χ0v) is 7.90. The second-order valence-electron chi connectivity index (χ2n) is 2.71. The van der Waals surface area contributed by atoms with E-state index in [-0.39, 0.29) is 16.1 Å². The van der Waals surface area contributed by atoms with Crippen LogP contribution in [0.2, 0.25) is 5.15 Å². The molecule has 1 aromatic carbocycles. The maximum Gasteiger partial charge on any atom is 0.470 e. The Morgan fingerprint density at radius 1 is 1.40 bits per heavy atom. The van der Waals surface area contributed by atoms with Crippen LogP contribution in [0.25, 0.3) is 10.9 Å². The minimum absolute atomic E-state index is 0.00948. The molecular formula is C8H3ClFN3O2. The van der Waals surface area contributed by atoms with Crippen LogP contribution in [-0.2, 0) is 0 Å². The van der Waals surface area contributed by atoms with Crippen molar-refractivity contribution in [3.8, 4) is 0 Å². The monoisotopic (exact) mass is 227 g/mol. The van der Waals surface area contributed by atoms with Crippen molar-refractivity contribution in [2.75, 3.05) is 0 Å². The summed E-state index contributed by atoms with van der Waals surface area (Å²) in [6.07, 6.45) is 0. The van der Waals surface area contributed by atoms with E-state index in [0.29, 0.717) is 0 Å². The first-order chi connectivity index (χ1) is 7.09. The lowest BCUT2D eigenvalue weighted by atomic mass is 10.2. The summed E-state index contributed by atoms with van der Waals surface area (Å²) in [7, 11) is 0. The number of hydrogen-bond acceptors (Lipinski definition) is 4. The Balaban J connectivity index is 2.84. The van der Waals surface area contributed by atoms with Gasteiger partial charge in [0.2, 0.25) is 5.15 Å². The third-order valence-corrected chi connectivity index (χ3v) is 2.05. The molecule has 0 aliphatic heterocycles. The Kier molecular flexibility index (Phi) is 2.20. The summed E-state index contributed by atoms with van der Waals surface area (Å²) in [6.45, 7) is 0. The number of rotatable bonds is 1. The standard InChI is InChI=1S/C8H3ClFN3O2/c9-7-6-4(10)2-1-3-5(6)11-8(12-7)13(14)15/h1-3H. The lowest BCUT2D eigenvalue weighted by Gasteiger charge is -1.97. The molecule has 0 aliphatic carbocycles. The Morgan fingerprint density at radius 2 is 2.13 bits per heavy atom. The van der Waals surface area contributed by atoms with Crippen molar-refractivity contribution in [2.45, 2.75) is 0 Å². The SMILES string of the molecule is O=[N+]([O-])c1nc(Cl)c2c(F)cccc2n1. The molecule has 15 heavy (non-hydrogen) atoms. The number of fused-ring (bicyclic) bond motifs is 1. The molecule has 0 saturated carbocycles. The third kappa shape index (κ3) is 1.59. The summed E-state index contributed by atoms with van der Waals surface area (Å²) in [5.74, 6) is -1.24. The first-order valence-corrected chi connectivity index (χ1v) is 4.23. The zero-order valence-electron chi connectivity index (χ0n) is 7.15. The van der Waals surface area contributed by atoms with Crippen LogP contribution < -0.4 is 0 Å². The van der Waals surface area contributed by atoms with E-state index in [4.69, 9.17) is 11.6 Å². The Bertz CT molecular complexity index is 561. The van der Waals surface area contributed by atoms with Crippen molar-refractivity contribution >= 4 is 28.5 Å². The van der Waals surface area contributed by atoms with Crippen LogP contribution in [0.15, 0.2) is 18.2 Å². The number of benzene rings is 1. The predicted octanol–water partition coefficient (Wildman–Crippen LogP) is 2.33. The van der Waals surface area contributed by atoms with Crippen molar-refractivity contribution in [3.63, 3.8) is 0 Å². The summed E-state index contributed by atoms with van der Waals surface area (Å²) >= 11 is 5.62. The molecule has 0 amide bonds. The van der Waals surface area contributed by atoms with E-state index in [1.54, 1.807) is 0 Å². The van der Waals surface area contributed by atoms with Gasteiger partial charge in [-0.2, -0.15) is 0 Å². The molecule has 1 aromatic heterocycles. The summed E-state index contributed by atoms with van der Waals surface area (Å²) in [4.78, 5) is 16.6. The quantitative estimate of drug-likeness (QED) is 0.426. The molecule has 0 bridgehead atoms. The first-order valence-electron chi connectivity index (χ1n) is 3.86. The molecule has 0 saturated heterocycles. The van der Waals surface area contributed by atoms with Crippen molar-refractivity contribution < 1.29 is 9.31 Å². The predicted molar refractivity (Wildman–Crippen MR) is 51.2 cm³/mol. The largest absolute Gasteiger partial charge is 0.470 e. The van der Waals surface area contributed by atoms with Crippen LogP contribution in [-0.4, -0.2) is 14.9 Å². The molecule has 0 spiro atoms. The molecule has 0 atom stereocenters. The van der Waals surface area contributed by atoms with Gasteiger partial charge in [0, 0.05) is 0 Å². The molecule has 0 N–H and O–H groups in total.